The van der Waals surface area contributed by atoms with Crippen molar-refractivity contribution in [3.8, 4) is 0 Å². The lowest BCUT2D eigenvalue weighted by atomic mass is 9.77. The van der Waals surface area contributed by atoms with E-state index in [1.165, 1.54) is 5.56 Å². The van der Waals surface area contributed by atoms with Crippen LogP contribution in [0.25, 0.3) is 0 Å². The average Bonchev–Trinajstić information content (AvgIpc) is 2.28. The van der Waals surface area contributed by atoms with Crippen LogP contribution in [0.4, 0.5) is 0 Å². The van der Waals surface area contributed by atoms with Gasteiger partial charge in [-0.15, -0.1) is 0 Å². The van der Waals surface area contributed by atoms with Crippen molar-refractivity contribution >= 4 is 21.9 Å². The van der Waals surface area contributed by atoms with E-state index in [4.69, 9.17) is 0 Å². The number of hydrogen-bond donors (Lipinski definition) is 2. The molecule has 2 N–H and O–H groups in total. The molecule has 0 spiro atoms. The number of aryl methyl sites for hydroxylation is 1. The lowest BCUT2D eigenvalue weighted by molar-refractivity contribution is -0.145. The maximum Gasteiger partial charge on any atom is 0.324 e. The van der Waals surface area contributed by atoms with Crippen molar-refractivity contribution in [1.82, 2.24) is 5.32 Å². The van der Waals surface area contributed by atoms with Gasteiger partial charge >= 0.3 is 5.97 Å². The third-order valence-electron chi connectivity index (χ3n) is 3.46. The van der Waals surface area contributed by atoms with E-state index in [0.29, 0.717) is 12.8 Å². The van der Waals surface area contributed by atoms with Crippen LogP contribution in [-0.4, -0.2) is 22.7 Å². The van der Waals surface area contributed by atoms with Crippen molar-refractivity contribution in [3.63, 3.8) is 0 Å². The van der Waals surface area contributed by atoms with Crippen molar-refractivity contribution in [2.75, 3.05) is 0 Å². The van der Waals surface area contributed by atoms with E-state index >= 15 is 0 Å². The highest BCUT2D eigenvalue weighted by Crippen LogP contribution is 2.31. The van der Waals surface area contributed by atoms with Gasteiger partial charge in [0.2, 0.25) is 0 Å². The molecule has 1 aromatic rings. The third kappa shape index (κ3) is 2.59. The molecule has 0 amide bonds. The maximum absolute atomic E-state index is 11.6. The minimum atomic E-state index is -0.811. The second-order valence-corrected chi connectivity index (χ2v) is 6.19. The second kappa shape index (κ2) is 5.02. The molecule has 0 fully saturated rings. The van der Waals surface area contributed by atoms with Gasteiger partial charge in [-0.1, -0.05) is 22.0 Å². The number of benzene rings is 1. The Balaban J connectivity index is 2.32. The molecule has 1 atom stereocenters. The van der Waals surface area contributed by atoms with Gasteiger partial charge in [-0.25, -0.2) is 0 Å². The summed E-state index contributed by atoms with van der Waals surface area (Å²) in [5.74, 6) is -0.746. The highest BCUT2D eigenvalue weighted by Gasteiger charge is 2.41. The number of carboxylic acids is 1. The monoisotopic (exact) mass is 311 g/mol. The molecule has 4 heteroatoms. The van der Waals surface area contributed by atoms with Gasteiger partial charge in [-0.2, -0.15) is 0 Å². The summed E-state index contributed by atoms with van der Waals surface area (Å²) in [6.07, 6.45) is 2.01. The van der Waals surface area contributed by atoms with Crippen LogP contribution >= 0.6 is 15.9 Å². The van der Waals surface area contributed by atoms with Crippen LogP contribution in [0.15, 0.2) is 22.7 Å². The Morgan fingerprint density at radius 1 is 1.44 bits per heavy atom. The molecule has 0 aliphatic heterocycles. The molecule has 0 bridgehead atoms. The van der Waals surface area contributed by atoms with Crippen LogP contribution in [0.3, 0.4) is 0 Å². The normalized spacial score (nSPS) is 22.9. The first-order valence-corrected chi connectivity index (χ1v) is 7.01. The van der Waals surface area contributed by atoms with Gasteiger partial charge in [0.1, 0.15) is 5.54 Å². The SMILES string of the molecule is CC(C)NC1(C(=O)O)CCc2cc(Br)ccc2C1. The molecular formula is C14H18BrNO2. The van der Waals surface area contributed by atoms with E-state index in [9.17, 15) is 9.90 Å². The minimum absolute atomic E-state index is 0.165. The topological polar surface area (TPSA) is 49.3 Å². The number of hydrogen-bond acceptors (Lipinski definition) is 2. The number of rotatable bonds is 3. The fourth-order valence-corrected chi connectivity index (χ4v) is 3.09. The predicted molar refractivity (Wildman–Crippen MR) is 74.8 cm³/mol. The summed E-state index contributed by atoms with van der Waals surface area (Å²) in [7, 11) is 0. The number of halogens is 1. The molecule has 98 valence electrons. The fourth-order valence-electron chi connectivity index (χ4n) is 2.68. The number of carboxylic acid groups (broad SMARTS) is 1. The Morgan fingerprint density at radius 3 is 2.78 bits per heavy atom. The Bertz CT molecular complexity index is 473. The Hall–Kier alpha value is -0.870. The van der Waals surface area contributed by atoms with Gasteiger partial charge < -0.3 is 5.11 Å². The molecule has 2 rings (SSSR count). The quantitative estimate of drug-likeness (QED) is 0.902. The maximum atomic E-state index is 11.6. The van der Waals surface area contributed by atoms with Crippen molar-refractivity contribution in [2.24, 2.45) is 0 Å². The molecule has 0 saturated heterocycles. The molecule has 0 aromatic heterocycles. The summed E-state index contributed by atoms with van der Waals surface area (Å²) >= 11 is 3.46. The van der Waals surface area contributed by atoms with Gasteiger partial charge in [0.15, 0.2) is 0 Å². The number of aliphatic carboxylic acids is 1. The highest BCUT2D eigenvalue weighted by molar-refractivity contribution is 9.10. The van der Waals surface area contributed by atoms with Crippen molar-refractivity contribution in [1.29, 1.82) is 0 Å². The first-order valence-electron chi connectivity index (χ1n) is 6.21. The van der Waals surface area contributed by atoms with E-state index in [1.54, 1.807) is 0 Å². The number of nitrogens with one attached hydrogen (secondary N) is 1. The Kier molecular flexibility index (Phi) is 3.78. The van der Waals surface area contributed by atoms with Crippen LogP contribution < -0.4 is 5.32 Å². The van der Waals surface area contributed by atoms with Crippen LogP contribution in [0.5, 0.6) is 0 Å². The average molecular weight is 312 g/mol. The van der Waals surface area contributed by atoms with Crippen LogP contribution in [-0.2, 0) is 17.6 Å². The lowest BCUT2D eigenvalue weighted by Crippen LogP contribution is -2.57. The van der Waals surface area contributed by atoms with E-state index in [1.807, 2.05) is 26.0 Å². The molecule has 1 unspecified atom stereocenters. The molecule has 1 aromatic carbocycles. The zero-order chi connectivity index (χ0) is 13.3. The van der Waals surface area contributed by atoms with E-state index < -0.39 is 11.5 Å². The summed E-state index contributed by atoms with van der Waals surface area (Å²) in [6, 6.07) is 6.26. The van der Waals surface area contributed by atoms with Crippen molar-refractivity contribution in [2.45, 2.75) is 44.7 Å². The zero-order valence-electron chi connectivity index (χ0n) is 10.7. The summed E-state index contributed by atoms with van der Waals surface area (Å²) in [4.78, 5) is 11.6. The summed E-state index contributed by atoms with van der Waals surface area (Å²) < 4.78 is 1.06. The summed E-state index contributed by atoms with van der Waals surface area (Å²) in [5, 5.41) is 12.8. The third-order valence-corrected chi connectivity index (χ3v) is 3.95. The van der Waals surface area contributed by atoms with Crippen molar-refractivity contribution in [3.05, 3.63) is 33.8 Å². The molecule has 0 heterocycles. The van der Waals surface area contributed by atoms with Crippen LogP contribution in [0.2, 0.25) is 0 Å². The first-order chi connectivity index (χ1) is 8.43. The largest absolute Gasteiger partial charge is 0.480 e. The molecule has 1 aliphatic rings. The fraction of sp³-hybridized carbons (Fsp3) is 0.500. The molecule has 0 radical (unpaired) electrons. The lowest BCUT2D eigenvalue weighted by Gasteiger charge is -2.37. The van der Waals surface area contributed by atoms with E-state index in [2.05, 4.69) is 27.3 Å². The van der Waals surface area contributed by atoms with Gasteiger partial charge in [-0.3, -0.25) is 10.1 Å². The van der Waals surface area contributed by atoms with Crippen LogP contribution in [0.1, 0.15) is 31.4 Å². The van der Waals surface area contributed by atoms with Gasteiger partial charge in [0.25, 0.3) is 0 Å². The number of fused-ring (bicyclic) bond motifs is 1. The zero-order valence-corrected chi connectivity index (χ0v) is 12.3. The molecular weight excluding hydrogens is 294 g/mol. The predicted octanol–water partition coefficient (Wildman–Crippen LogP) is 2.76. The molecule has 3 nitrogen and oxygen atoms in total. The van der Waals surface area contributed by atoms with Crippen LogP contribution in [0, 0.1) is 0 Å². The van der Waals surface area contributed by atoms with Gasteiger partial charge in [-0.05, 0) is 49.9 Å². The first kappa shape index (κ1) is 13.6. The number of carbonyl (C=O) groups is 1. The minimum Gasteiger partial charge on any atom is -0.480 e. The van der Waals surface area contributed by atoms with Gasteiger partial charge in [0, 0.05) is 16.9 Å². The molecule has 1 aliphatic carbocycles. The van der Waals surface area contributed by atoms with E-state index in [-0.39, 0.29) is 6.04 Å². The van der Waals surface area contributed by atoms with E-state index in [0.717, 1.165) is 16.5 Å². The van der Waals surface area contributed by atoms with Gasteiger partial charge in [0.05, 0.1) is 0 Å². The smallest absolute Gasteiger partial charge is 0.324 e. The summed E-state index contributed by atoms with van der Waals surface area (Å²) in [6.45, 7) is 3.98. The molecule has 18 heavy (non-hydrogen) atoms. The Morgan fingerprint density at radius 2 is 2.17 bits per heavy atom. The molecule has 0 saturated carbocycles. The Labute approximate surface area is 116 Å². The summed E-state index contributed by atoms with van der Waals surface area (Å²) in [5.41, 5.74) is 1.58. The highest BCUT2D eigenvalue weighted by atomic mass is 79.9. The standard InChI is InChI=1S/C14H18BrNO2/c1-9(2)16-14(13(17)18)6-5-10-7-12(15)4-3-11(10)8-14/h3-4,7,9,16H,5-6,8H2,1-2H3,(H,17,18). The van der Waals surface area contributed by atoms with Crippen molar-refractivity contribution < 1.29 is 9.90 Å². The second-order valence-electron chi connectivity index (χ2n) is 5.28.